The Kier molecular flexibility index (Phi) is 1.97. The zero-order valence-electron chi connectivity index (χ0n) is 10.1. The number of benzene rings is 2. The van der Waals surface area contributed by atoms with Gasteiger partial charge >= 0.3 is 0 Å². The van der Waals surface area contributed by atoms with Crippen molar-refractivity contribution in [2.45, 2.75) is 24.6 Å². The minimum atomic E-state index is -1.01. The summed E-state index contributed by atoms with van der Waals surface area (Å²) in [6.07, 6.45) is 2.06. The van der Waals surface area contributed by atoms with E-state index in [0.717, 1.165) is 24.0 Å². The molecule has 2 aromatic carbocycles. The zero-order valence-corrected chi connectivity index (χ0v) is 10.1. The van der Waals surface area contributed by atoms with Gasteiger partial charge in [-0.1, -0.05) is 48.5 Å². The zero-order chi connectivity index (χ0) is 12.2. The van der Waals surface area contributed by atoms with E-state index >= 15 is 0 Å². The SMILES string of the molecule is OC12NC(CCc3ccccc31)c1ccccc12. The number of aliphatic hydroxyl groups is 1. The van der Waals surface area contributed by atoms with Crippen molar-refractivity contribution < 1.29 is 5.11 Å². The van der Waals surface area contributed by atoms with Crippen molar-refractivity contribution in [3.05, 3.63) is 70.8 Å². The van der Waals surface area contributed by atoms with Crippen molar-refractivity contribution >= 4 is 0 Å². The minimum absolute atomic E-state index is 0.263. The van der Waals surface area contributed by atoms with Gasteiger partial charge in [-0.25, -0.2) is 0 Å². The fourth-order valence-electron chi connectivity index (χ4n) is 3.38. The van der Waals surface area contributed by atoms with Gasteiger partial charge in [0.2, 0.25) is 0 Å². The molecule has 2 aliphatic heterocycles. The molecule has 2 atom stereocenters. The van der Waals surface area contributed by atoms with Crippen molar-refractivity contribution in [2.24, 2.45) is 0 Å². The van der Waals surface area contributed by atoms with Gasteiger partial charge in [-0.3, -0.25) is 5.32 Å². The summed E-state index contributed by atoms with van der Waals surface area (Å²) >= 11 is 0. The average molecular weight is 237 g/mol. The molecular formula is C16H15NO. The minimum Gasteiger partial charge on any atom is -0.367 e. The van der Waals surface area contributed by atoms with Crippen molar-refractivity contribution in [2.75, 3.05) is 0 Å². The van der Waals surface area contributed by atoms with E-state index in [4.69, 9.17) is 0 Å². The van der Waals surface area contributed by atoms with Crippen molar-refractivity contribution in [1.82, 2.24) is 5.32 Å². The molecule has 4 rings (SSSR count). The van der Waals surface area contributed by atoms with Crippen LogP contribution in [0.15, 0.2) is 48.5 Å². The van der Waals surface area contributed by atoms with E-state index in [2.05, 4.69) is 17.4 Å². The first-order valence-electron chi connectivity index (χ1n) is 6.47. The van der Waals surface area contributed by atoms with Crippen LogP contribution in [-0.4, -0.2) is 5.11 Å². The number of rotatable bonds is 0. The molecule has 0 aromatic heterocycles. The van der Waals surface area contributed by atoms with Crippen LogP contribution in [0.4, 0.5) is 0 Å². The highest BCUT2D eigenvalue weighted by atomic mass is 16.3. The number of nitrogens with one attached hydrogen (secondary N) is 1. The molecule has 2 bridgehead atoms. The fraction of sp³-hybridized carbons (Fsp3) is 0.250. The molecule has 0 spiro atoms. The molecule has 0 saturated carbocycles. The number of hydrogen-bond acceptors (Lipinski definition) is 2. The van der Waals surface area contributed by atoms with E-state index < -0.39 is 5.72 Å². The Bertz CT molecular complexity index is 622. The highest BCUT2D eigenvalue weighted by molar-refractivity contribution is 5.50. The van der Waals surface area contributed by atoms with Gasteiger partial charge < -0.3 is 5.11 Å². The van der Waals surface area contributed by atoms with Crippen LogP contribution in [0.1, 0.15) is 34.7 Å². The normalized spacial score (nSPS) is 28.4. The maximum Gasteiger partial charge on any atom is 0.169 e. The van der Waals surface area contributed by atoms with Crippen LogP contribution in [0.2, 0.25) is 0 Å². The quantitative estimate of drug-likeness (QED) is 0.737. The summed E-state index contributed by atoms with van der Waals surface area (Å²) in [6, 6.07) is 16.7. The van der Waals surface area contributed by atoms with Crippen molar-refractivity contribution in [3.63, 3.8) is 0 Å². The van der Waals surface area contributed by atoms with E-state index in [0.29, 0.717) is 0 Å². The largest absolute Gasteiger partial charge is 0.367 e. The monoisotopic (exact) mass is 237 g/mol. The van der Waals surface area contributed by atoms with Gasteiger partial charge in [-0.05, 0) is 24.0 Å². The number of aryl methyl sites for hydroxylation is 1. The van der Waals surface area contributed by atoms with Gasteiger partial charge in [0.15, 0.2) is 5.72 Å². The van der Waals surface area contributed by atoms with Gasteiger partial charge in [0.25, 0.3) is 0 Å². The summed E-state index contributed by atoms with van der Waals surface area (Å²) < 4.78 is 0. The van der Waals surface area contributed by atoms with E-state index in [9.17, 15) is 5.11 Å². The van der Waals surface area contributed by atoms with Crippen LogP contribution < -0.4 is 5.32 Å². The summed E-state index contributed by atoms with van der Waals surface area (Å²) in [5, 5.41) is 14.5. The Balaban J connectivity index is 2.03. The summed E-state index contributed by atoms with van der Waals surface area (Å²) in [4.78, 5) is 0. The molecule has 2 aliphatic rings. The Morgan fingerprint density at radius 1 is 1.00 bits per heavy atom. The van der Waals surface area contributed by atoms with Crippen LogP contribution in [-0.2, 0) is 12.1 Å². The molecule has 0 radical (unpaired) electrons. The van der Waals surface area contributed by atoms with Gasteiger partial charge in [0.05, 0.1) is 0 Å². The summed E-state index contributed by atoms with van der Waals surface area (Å²) in [5.74, 6) is 0. The van der Waals surface area contributed by atoms with Crippen LogP contribution in [0, 0.1) is 0 Å². The lowest BCUT2D eigenvalue weighted by molar-refractivity contribution is 0.0479. The first-order chi connectivity index (χ1) is 8.79. The van der Waals surface area contributed by atoms with Gasteiger partial charge in [-0.15, -0.1) is 0 Å². The molecule has 2 heterocycles. The maximum absolute atomic E-state index is 11.1. The third-order valence-corrected chi connectivity index (χ3v) is 4.22. The fourth-order valence-corrected chi connectivity index (χ4v) is 3.38. The highest BCUT2D eigenvalue weighted by Gasteiger charge is 2.45. The Morgan fingerprint density at radius 2 is 1.72 bits per heavy atom. The molecule has 18 heavy (non-hydrogen) atoms. The first-order valence-corrected chi connectivity index (χ1v) is 6.47. The highest BCUT2D eigenvalue weighted by Crippen LogP contribution is 2.45. The van der Waals surface area contributed by atoms with Crippen LogP contribution in [0.25, 0.3) is 0 Å². The van der Waals surface area contributed by atoms with E-state index in [-0.39, 0.29) is 6.04 Å². The standard InChI is InChI=1S/C16H15NO/c18-16-13-7-3-1-5-11(13)9-10-15(17-16)12-6-2-4-8-14(12)16/h1-8,15,17-18H,9-10H2. The second-order valence-corrected chi connectivity index (χ2v) is 5.19. The first kappa shape index (κ1) is 10.3. The molecule has 2 aromatic rings. The maximum atomic E-state index is 11.1. The molecule has 0 fully saturated rings. The van der Waals surface area contributed by atoms with Crippen LogP contribution in [0.3, 0.4) is 0 Å². The predicted octanol–water partition coefficient (Wildman–Crippen LogP) is 2.47. The summed E-state index contributed by atoms with van der Waals surface area (Å²) in [6.45, 7) is 0. The predicted molar refractivity (Wildman–Crippen MR) is 70.1 cm³/mol. The van der Waals surface area contributed by atoms with E-state index in [1.165, 1.54) is 11.1 Å². The Hall–Kier alpha value is -1.64. The van der Waals surface area contributed by atoms with Crippen LogP contribution >= 0.6 is 0 Å². The molecule has 2 nitrogen and oxygen atoms in total. The smallest absolute Gasteiger partial charge is 0.169 e. The lowest BCUT2D eigenvalue weighted by atomic mass is 9.86. The second-order valence-electron chi connectivity index (χ2n) is 5.19. The van der Waals surface area contributed by atoms with Crippen molar-refractivity contribution in [1.29, 1.82) is 0 Å². The van der Waals surface area contributed by atoms with Gasteiger partial charge in [0.1, 0.15) is 0 Å². The van der Waals surface area contributed by atoms with Gasteiger partial charge in [0, 0.05) is 17.2 Å². The summed E-state index contributed by atoms with van der Waals surface area (Å²) in [7, 11) is 0. The van der Waals surface area contributed by atoms with Gasteiger partial charge in [-0.2, -0.15) is 0 Å². The number of hydrogen-bond donors (Lipinski definition) is 2. The topological polar surface area (TPSA) is 32.3 Å². The molecule has 2 N–H and O–H groups in total. The summed E-state index contributed by atoms with van der Waals surface area (Å²) in [5.41, 5.74) is 3.52. The van der Waals surface area contributed by atoms with Crippen LogP contribution in [0.5, 0.6) is 0 Å². The third-order valence-electron chi connectivity index (χ3n) is 4.22. The van der Waals surface area contributed by atoms with E-state index in [1.807, 2.05) is 36.4 Å². The molecule has 2 heteroatoms. The van der Waals surface area contributed by atoms with Crippen molar-refractivity contribution in [3.8, 4) is 0 Å². The lowest BCUT2D eigenvalue weighted by Gasteiger charge is -2.26. The number of fused-ring (bicyclic) bond motifs is 7. The molecular weight excluding hydrogens is 222 g/mol. The molecule has 0 aliphatic carbocycles. The molecule has 0 saturated heterocycles. The second kappa shape index (κ2) is 3.44. The Morgan fingerprint density at radius 3 is 2.61 bits per heavy atom. The average Bonchev–Trinajstić information content (AvgIpc) is 2.61. The Labute approximate surface area is 106 Å². The molecule has 2 unspecified atom stereocenters. The third kappa shape index (κ3) is 1.19. The molecule has 0 amide bonds. The molecule has 90 valence electrons. The lowest BCUT2D eigenvalue weighted by Crippen LogP contribution is -2.38. The van der Waals surface area contributed by atoms with E-state index in [1.54, 1.807) is 0 Å².